The van der Waals surface area contributed by atoms with Gasteiger partial charge in [0.1, 0.15) is 5.82 Å². The van der Waals surface area contributed by atoms with Gasteiger partial charge in [0.2, 0.25) is 0 Å². The molecule has 0 saturated heterocycles. The van der Waals surface area contributed by atoms with Crippen LogP contribution in [0.5, 0.6) is 0 Å². The van der Waals surface area contributed by atoms with E-state index in [-0.39, 0.29) is 0 Å². The highest BCUT2D eigenvalue weighted by atomic mass is 16.4. The van der Waals surface area contributed by atoms with E-state index in [1.165, 1.54) is 0 Å². The fourth-order valence-electron chi connectivity index (χ4n) is 1.30. The predicted molar refractivity (Wildman–Crippen MR) is 56.4 cm³/mol. The Labute approximate surface area is 89.1 Å². The van der Waals surface area contributed by atoms with Gasteiger partial charge in [0.05, 0.1) is 12.0 Å². The lowest BCUT2D eigenvalue weighted by molar-refractivity contribution is -0.147. The number of rotatable bonds is 5. The Morgan fingerprint density at radius 2 is 2.33 bits per heavy atom. The van der Waals surface area contributed by atoms with Crippen molar-refractivity contribution in [3.8, 4) is 0 Å². The lowest BCUT2D eigenvalue weighted by atomic mass is 9.94. The molecule has 0 fully saturated rings. The first-order valence-corrected chi connectivity index (χ1v) is 4.85. The van der Waals surface area contributed by atoms with Crippen LogP contribution in [0.1, 0.15) is 19.7 Å². The van der Waals surface area contributed by atoms with Gasteiger partial charge in [-0.25, -0.2) is 4.98 Å². The van der Waals surface area contributed by atoms with Gasteiger partial charge in [-0.3, -0.25) is 4.79 Å². The molecule has 0 aromatic carbocycles. The number of hydrogen-bond acceptors (Lipinski definition) is 3. The molecule has 1 rings (SSSR count). The number of aliphatic carboxylic acids is 1. The Bertz CT molecular complexity index is 344. The standard InChI is InChI=1S/C10H17N3O2/c1-10(2,9(14)15)7-13-5-4-12-8(13)6-11-3/h4-5,11H,6-7H2,1-3H3,(H,14,15). The van der Waals surface area contributed by atoms with Crippen molar-refractivity contribution >= 4 is 5.97 Å². The van der Waals surface area contributed by atoms with Crippen LogP contribution in [0.4, 0.5) is 0 Å². The summed E-state index contributed by atoms with van der Waals surface area (Å²) in [6, 6.07) is 0. The summed E-state index contributed by atoms with van der Waals surface area (Å²) in [7, 11) is 1.83. The molecule has 0 aliphatic carbocycles. The summed E-state index contributed by atoms with van der Waals surface area (Å²) < 4.78 is 1.87. The van der Waals surface area contributed by atoms with E-state index in [9.17, 15) is 4.79 Å². The number of nitrogens with one attached hydrogen (secondary N) is 1. The number of nitrogens with zero attached hydrogens (tertiary/aromatic N) is 2. The monoisotopic (exact) mass is 211 g/mol. The summed E-state index contributed by atoms with van der Waals surface area (Å²) in [6.07, 6.45) is 3.49. The molecule has 0 atom stereocenters. The Kier molecular flexibility index (Phi) is 3.47. The fourth-order valence-corrected chi connectivity index (χ4v) is 1.30. The van der Waals surface area contributed by atoms with Crippen LogP contribution in [0.3, 0.4) is 0 Å². The Morgan fingerprint density at radius 3 is 2.87 bits per heavy atom. The van der Waals surface area contributed by atoms with Gasteiger partial charge in [-0.2, -0.15) is 0 Å². The number of imidazole rings is 1. The van der Waals surface area contributed by atoms with E-state index in [0.29, 0.717) is 13.1 Å². The molecule has 1 aromatic heterocycles. The van der Waals surface area contributed by atoms with Gasteiger partial charge in [0, 0.05) is 18.9 Å². The molecule has 0 spiro atoms. The molecule has 0 aliphatic rings. The van der Waals surface area contributed by atoms with Crippen LogP contribution in [-0.2, 0) is 17.9 Å². The van der Waals surface area contributed by atoms with E-state index in [4.69, 9.17) is 5.11 Å². The van der Waals surface area contributed by atoms with Crippen LogP contribution in [0.2, 0.25) is 0 Å². The summed E-state index contributed by atoms with van der Waals surface area (Å²) in [4.78, 5) is 15.1. The minimum atomic E-state index is -0.799. The van der Waals surface area contributed by atoms with E-state index in [1.54, 1.807) is 26.2 Å². The smallest absolute Gasteiger partial charge is 0.310 e. The van der Waals surface area contributed by atoms with Crippen LogP contribution >= 0.6 is 0 Å². The zero-order valence-electron chi connectivity index (χ0n) is 9.32. The zero-order valence-corrected chi connectivity index (χ0v) is 9.32. The van der Waals surface area contributed by atoms with E-state index < -0.39 is 11.4 Å². The van der Waals surface area contributed by atoms with Crippen molar-refractivity contribution in [2.75, 3.05) is 7.05 Å². The van der Waals surface area contributed by atoms with Gasteiger partial charge in [0.25, 0.3) is 0 Å². The SMILES string of the molecule is CNCc1nccn1CC(C)(C)C(=O)O. The number of carbonyl (C=O) groups is 1. The zero-order chi connectivity index (χ0) is 11.5. The Morgan fingerprint density at radius 1 is 1.67 bits per heavy atom. The molecule has 0 radical (unpaired) electrons. The van der Waals surface area contributed by atoms with E-state index >= 15 is 0 Å². The van der Waals surface area contributed by atoms with Crippen molar-refractivity contribution in [1.29, 1.82) is 0 Å². The number of carboxylic acids is 1. The van der Waals surface area contributed by atoms with Gasteiger partial charge < -0.3 is 15.0 Å². The molecule has 0 unspecified atom stereocenters. The summed E-state index contributed by atoms with van der Waals surface area (Å²) in [5.74, 6) is 0.0541. The van der Waals surface area contributed by atoms with Crippen molar-refractivity contribution in [3.05, 3.63) is 18.2 Å². The highest BCUT2D eigenvalue weighted by molar-refractivity contribution is 5.73. The predicted octanol–water partition coefficient (Wildman–Crippen LogP) is 0.713. The van der Waals surface area contributed by atoms with Crippen molar-refractivity contribution in [2.45, 2.75) is 26.9 Å². The van der Waals surface area contributed by atoms with E-state index in [1.807, 2.05) is 11.6 Å². The molecule has 84 valence electrons. The molecule has 0 bridgehead atoms. The maximum atomic E-state index is 11.0. The van der Waals surface area contributed by atoms with Gasteiger partial charge in [-0.05, 0) is 20.9 Å². The van der Waals surface area contributed by atoms with Crippen LogP contribution < -0.4 is 5.32 Å². The molecular weight excluding hydrogens is 194 g/mol. The maximum absolute atomic E-state index is 11.0. The number of carboxylic acid groups (broad SMARTS) is 1. The second kappa shape index (κ2) is 4.44. The molecule has 15 heavy (non-hydrogen) atoms. The highest BCUT2D eigenvalue weighted by Gasteiger charge is 2.28. The van der Waals surface area contributed by atoms with Gasteiger partial charge in [-0.1, -0.05) is 0 Å². The van der Waals surface area contributed by atoms with Crippen molar-refractivity contribution in [3.63, 3.8) is 0 Å². The molecule has 0 amide bonds. The Hall–Kier alpha value is -1.36. The summed E-state index contributed by atoms with van der Waals surface area (Å²) in [5, 5.41) is 12.0. The molecule has 0 aliphatic heterocycles. The minimum Gasteiger partial charge on any atom is -0.481 e. The van der Waals surface area contributed by atoms with Crippen LogP contribution in [-0.4, -0.2) is 27.7 Å². The average Bonchev–Trinajstić information content (AvgIpc) is 2.52. The van der Waals surface area contributed by atoms with Crippen molar-refractivity contribution < 1.29 is 9.90 Å². The summed E-state index contributed by atoms with van der Waals surface area (Å²) in [5.41, 5.74) is -0.775. The molecular formula is C10H17N3O2. The van der Waals surface area contributed by atoms with Crippen molar-refractivity contribution in [2.24, 2.45) is 5.41 Å². The highest BCUT2D eigenvalue weighted by Crippen LogP contribution is 2.19. The van der Waals surface area contributed by atoms with Crippen LogP contribution in [0.15, 0.2) is 12.4 Å². The first-order valence-electron chi connectivity index (χ1n) is 4.85. The lowest BCUT2D eigenvalue weighted by Crippen LogP contribution is -2.30. The maximum Gasteiger partial charge on any atom is 0.310 e. The summed E-state index contributed by atoms with van der Waals surface area (Å²) in [6.45, 7) is 4.49. The van der Waals surface area contributed by atoms with E-state index in [0.717, 1.165) is 5.82 Å². The van der Waals surface area contributed by atoms with Crippen LogP contribution in [0.25, 0.3) is 0 Å². The molecule has 1 aromatic rings. The van der Waals surface area contributed by atoms with Gasteiger partial charge >= 0.3 is 5.97 Å². The largest absolute Gasteiger partial charge is 0.481 e. The first-order chi connectivity index (χ1) is 6.97. The molecule has 5 nitrogen and oxygen atoms in total. The van der Waals surface area contributed by atoms with Gasteiger partial charge in [-0.15, -0.1) is 0 Å². The fraction of sp³-hybridized carbons (Fsp3) is 0.600. The first kappa shape index (κ1) is 11.7. The van der Waals surface area contributed by atoms with Crippen molar-refractivity contribution in [1.82, 2.24) is 14.9 Å². The minimum absolute atomic E-state index is 0.430. The Balaban J connectivity index is 2.80. The molecule has 2 N–H and O–H groups in total. The molecule has 1 heterocycles. The number of aromatic nitrogens is 2. The topological polar surface area (TPSA) is 67.2 Å². The average molecular weight is 211 g/mol. The summed E-state index contributed by atoms with van der Waals surface area (Å²) >= 11 is 0. The van der Waals surface area contributed by atoms with Gasteiger partial charge in [0.15, 0.2) is 0 Å². The van der Waals surface area contributed by atoms with Crippen LogP contribution in [0, 0.1) is 5.41 Å². The normalized spacial score (nSPS) is 11.7. The number of hydrogen-bond donors (Lipinski definition) is 2. The third-order valence-electron chi connectivity index (χ3n) is 2.28. The van der Waals surface area contributed by atoms with E-state index in [2.05, 4.69) is 10.3 Å². The quantitative estimate of drug-likeness (QED) is 0.753. The third kappa shape index (κ3) is 2.79. The second-order valence-corrected chi connectivity index (χ2v) is 4.19. The third-order valence-corrected chi connectivity index (χ3v) is 2.28. The molecule has 0 saturated carbocycles. The lowest BCUT2D eigenvalue weighted by Gasteiger charge is -2.20. The second-order valence-electron chi connectivity index (χ2n) is 4.19. The molecule has 5 heteroatoms.